The maximum Gasteiger partial charge on any atom is 0.0223 e. The van der Waals surface area contributed by atoms with Gasteiger partial charge in [-0.1, -0.05) is 20.8 Å². The first-order valence-electron chi connectivity index (χ1n) is 4.70. The Balaban J connectivity index is 3.35. The highest BCUT2D eigenvalue weighted by Crippen LogP contribution is 2.16. The number of hydrogen-bond acceptors (Lipinski definition) is 2. The second-order valence-corrected chi connectivity index (χ2v) is 5.48. The van der Waals surface area contributed by atoms with Crippen molar-refractivity contribution in [2.75, 3.05) is 13.1 Å². The van der Waals surface area contributed by atoms with Crippen molar-refractivity contribution in [3.63, 3.8) is 0 Å². The molecular formula is C10H24N2. The average molecular weight is 172 g/mol. The summed E-state index contributed by atoms with van der Waals surface area (Å²) in [6.07, 6.45) is 1.20. The molecular weight excluding hydrogens is 148 g/mol. The van der Waals surface area contributed by atoms with E-state index in [1.807, 2.05) is 13.8 Å². The monoisotopic (exact) mass is 172 g/mol. The van der Waals surface area contributed by atoms with Crippen LogP contribution in [0.1, 0.15) is 41.0 Å². The molecule has 0 spiro atoms. The molecule has 0 aliphatic rings. The lowest BCUT2D eigenvalue weighted by Gasteiger charge is -2.22. The van der Waals surface area contributed by atoms with Gasteiger partial charge in [0.1, 0.15) is 0 Å². The molecule has 74 valence electrons. The van der Waals surface area contributed by atoms with Crippen LogP contribution in [0, 0.1) is 5.41 Å². The summed E-state index contributed by atoms with van der Waals surface area (Å²) in [5.74, 6) is 0. The van der Waals surface area contributed by atoms with E-state index in [1.165, 1.54) is 6.42 Å². The molecule has 0 aliphatic carbocycles. The highest BCUT2D eigenvalue weighted by molar-refractivity contribution is 4.75. The second kappa shape index (κ2) is 4.24. The van der Waals surface area contributed by atoms with Gasteiger partial charge in [0.15, 0.2) is 0 Å². The molecule has 2 heteroatoms. The average Bonchev–Trinajstić information content (AvgIpc) is 1.76. The summed E-state index contributed by atoms with van der Waals surface area (Å²) in [4.78, 5) is 0. The van der Waals surface area contributed by atoms with E-state index in [1.54, 1.807) is 0 Å². The molecule has 0 aromatic carbocycles. The predicted molar refractivity (Wildman–Crippen MR) is 55.2 cm³/mol. The van der Waals surface area contributed by atoms with Crippen LogP contribution in [-0.4, -0.2) is 18.6 Å². The van der Waals surface area contributed by atoms with Crippen LogP contribution in [0.5, 0.6) is 0 Å². The van der Waals surface area contributed by atoms with Gasteiger partial charge in [-0.05, 0) is 32.2 Å². The molecule has 0 amide bonds. The Morgan fingerprint density at radius 3 is 1.92 bits per heavy atom. The van der Waals surface area contributed by atoms with Crippen LogP contribution >= 0.6 is 0 Å². The fourth-order valence-electron chi connectivity index (χ4n) is 0.874. The summed E-state index contributed by atoms with van der Waals surface area (Å²) < 4.78 is 0. The summed E-state index contributed by atoms with van der Waals surface area (Å²) in [5, 5.41) is 3.36. The van der Waals surface area contributed by atoms with E-state index in [-0.39, 0.29) is 5.54 Å². The minimum Gasteiger partial charge on any atom is -0.324 e. The predicted octanol–water partition coefficient (Wildman–Crippen LogP) is 1.75. The van der Waals surface area contributed by atoms with E-state index < -0.39 is 0 Å². The lowest BCUT2D eigenvalue weighted by Crippen LogP contribution is -2.43. The van der Waals surface area contributed by atoms with Crippen LogP contribution in [0.4, 0.5) is 0 Å². The van der Waals surface area contributed by atoms with Crippen molar-refractivity contribution in [1.29, 1.82) is 0 Å². The Kier molecular flexibility index (Phi) is 4.21. The molecule has 3 N–H and O–H groups in total. The summed E-state index contributed by atoms with van der Waals surface area (Å²) in [6.45, 7) is 12.8. The zero-order valence-electron chi connectivity index (χ0n) is 9.20. The summed E-state index contributed by atoms with van der Waals surface area (Å²) in [5.41, 5.74) is 6.16. The Bertz CT molecular complexity index is 101. The lowest BCUT2D eigenvalue weighted by atomic mass is 9.92. The number of nitrogens with two attached hydrogens (primary N) is 1. The molecule has 0 saturated carbocycles. The van der Waals surface area contributed by atoms with Crippen molar-refractivity contribution in [2.45, 2.75) is 46.6 Å². The Hall–Kier alpha value is -0.0800. The number of rotatable bonds is 4. The third-order valence-electron chi connectivity index (χ3n) is 1.63. The molecule has 0 aromatic rings. The second-order valence-electron chi connectivity index (χ2n) is 5.48. The van der Waals surface area contributed by atoms with Crippen LogP contribution < -0.4 is 11.1 Å². The molecule has 0 unspecified atom stereocenters. The zero-order valence-corrected chi connectivity index (χ0v) is 9.20. The first kappa shape index (κ1) is 11.9. The Morgan fingerprint density at radius 1 is 1.08 bits per heavy atom. The van der Waals surface area contributed by atoms with E-state index in [2.05, 4.69) is 26.1 Å². The molecule has 0 heterocycles. The van der Waals surface area contributed by atoms with Crippen molar-refractivity contribution < 1.29 is 0 Å². The van der Waals surface area contributed by atoms with Crippen molar-refractivity contribution >= 4 is 0 Å². The van der Waals surface area contributed by atoms with Crippen LogP contribution in [-0.2, 0) is 0 Å². The van der Waals surface area contributed by atoms with E-state index in [0.717, 1.165) is 13.1 Å². The fraction of sp³-hybridized carbons (Fsp3) is 1.00. The van der Waals surface area contributed by atoms with E-state index in [0.29, 0.717) is 5.41 Å². The SMILES string of the molecule is CC(C)(C)CCNCC(C)(C)N. The largest absolute Gasteiger partial charge is 0.324 e. The van der Waals surface area contributed by atoms with Crippen molar-refractivity contribution in [1.82, 2.24) is 5.32 Å². The van der Waals surface area contributed by atoms with E-state index in [9.17, 15) is 0 Å². The zero-order chi connectivity index (χ0) is 9.83. The van der Waals surface area contributed by atoms with E-state index in [4.69, 9.17) is 5.73 Å². The molecule has 0 fully saturated rings. The molecule has 0 radical (unpaired) electrons. The smallest absolute Gasteiger partial charge is 0.0223 e. The van der Waals surface area contributed by atoms with Gasteiger partial charge in [0.05, 0.1) is 0 Å². The molecule has 0 saturated heterocycles. The van der Waals surface area contributed by atoms with Gasteiger partial charge in [-0.2, -0.15) is 0 Å². The van der Waals surface area contributed by atoms with Gasteiger partial charge < -0.3 is 11.1 Å². The van der Waals surface area contributed by atoms with Crippen molar-refractivity contribution in [3.05, 3.63) is 0 Å². The quantitative estimate of drug-likeness (QED) is 0.634. The van der Waals surface area contributed by atoms with Gasteiger partial charge >= 0.3 is 0 Å². The summed E-state index contributed by atoms with van der Waals surface area (Å²) >= 11 is 0. The number of nitrogens with one attached hydrogen (secondary N) is 1. The van der Waals surface area contributed by atoms with Crippen molar-refractivity contribution in [2.24, 2.45) is 11.1 Å². The molecule has 0 aromatic heterocycles. The van der Waals surface area contributed by atoms with Crippen LogP contribution in [0.15, 0.2) is 0 Å². The van der Waals surface area contributed by atoms with Gasteiger partial charge in [-0.15, -0.1) is 0 Å². The first-order chi connectivity index (χ1) is 5.21. The summed E-state index contributed by atoms with van der Waals surface area (Å²) in [6, 6.07) is 0. The lowest BCUT2D eigenvalue weighted by molar-refractivity contribution is 0.355. The minimum absolute atomic E-state index is 0.0854. The van der Waals surface area contributed by atoms with Gasteiger partial charge in [-0.3, -0.25) is 0 Å². The van der Waals surface area contributed by atoms with Gasteiger partial charge in [-0.25, -0.2) is 0 Å². The normalized spacial score (nSPS) is 13.5. The number of hydrogen-bond donors (Lipinski definition) is 2. The third-order valence-corrected chi connectivity index (χ3v) is 1.63. The Morgan fingerprint density at radius 2 is 1.58 bits per heavy atom. The maximum atomic E-state index is 5.82. The van der Waals surface area contributed by atoms with Crippen molar-refractivity contribution in [3.8, 4) is 0 Å². The molecule has 0 rings (SSSR count). The fourth-order valence-corrected chi connectivity index (χ4v) is 0.874. The molecule has 12 heavy (non-hydrogen) atoms. The molecule has 0 aliphatic heterocycles. The van der Waals surface area contributed by atoms with Crippen LogP contribution in [0.25, 0.3) is 0 Å². The van der Waals surface area contributed by atoms with Gasteiger partial charge in [0.25, 0.3) is 0 Å². The highest BCUT2D eigenvalue weighted by Gasteiger charge is 2.12. The Labute approximate surface area is 76.9 Å². The molecule has 0 atom stereocenters. The third kappa shape index (κ3) is 9.92. The van der Waals surface area contributed by atoms with Gasteiger partial charge in [0, 0.05) is 12.1 Å². The van der Waals surface area contributed by atoms with Crippen LogP contribution in [0.3, 0.4) is 0 Å². The summed E-state index contributed by atoms with van der Waals surface area (Å²) in [7, 11) is 0. The standard InChI is InChI=1S/C10H24N2/c1-9(2,3)6-7-12-8-10(4,5)11/h12H,6-8,11H2,1-5H3. The van der Waals surface area contributed by atoms with Gasteiger partial charge in [0.2, 0.25) is 0 Å². The van der Waals surface area contributed by atoms with Crippen LogP contribution in [0.2, 0.25) is 0 Å². The molecule has 0 bridgehead atoms. The topological polar surface area (TPSA) is 38.0 Å². The minimum atomic E-state index is -0.0854. The highest BCUT2D eigenvalue weighted by atomic mass is 14.9. The maximum absolute atomic E-state index is 5.82. The first-order valence-corrected chi connectivity index (χ1v) is 4.70. The van der Waals surface area contributed by atoms with E-state index >= 15 is 0 Å². The molecule has 2 nitrogen and oxygen atoms in total.